The summed E-state index contributed by atoms with van der Waals surface area (Å²) in [6.45, 7) is 3.62. The predicted molar refractivity (Wildman–Crippen MR) is 48.4 cm³/mol. The lowest BCUT2D eigenvalue weighted by molar-refractivity contribution is 1.35. The SMILES string of the molecule is C=C(N)CSc1cccs1. The zero-order valence-electron chi connectivity index (χ0n) is 5.54. The van der Waals surface area contributed by atoms with E-state index in [4.69, 9.17) is 5.73 Å². The number of hydrogen-bond donors (Lipinski definition) is 1. The largest absolute Gasteiger partial charge is 0.402 e. The first kappa shape index (κ1) is 7.69. The molecule has 0 saturated carbocycles. The summed E-state index contributed by atoms with van der Waals surface area (Å²) in [4.78, 5) is 0. The van der Waals surface area contributed by atoms with Crippen molar-refractivity contribution in [2.24, 2.45) is 5.73 Å². The van der Waals surface area contributed by atoms with Crippen LogP contribution in [0, 0.1) is 0 Å². The fraction of sp³-hybridized carbons (Fsp3) is 0.143. The highest BCUT2D eigenvalue weighted by Crippen LogP contribution is 2.23. The van der Waals surface area contributed by atoms with Gasteiger partial charge in [-0.25, -0.2) is 0 Å². The molecule has 0 aliphatic rings. The molecule has 0 aliphatic heterocycles. The van der Waals surface area contributed by atoms with Crippen molar-refractivity contribution >= 4 is 23.1 Å². The van der Waals surface area contributed by atoms with E-state index in [0.29, 0.717) is 0 Å². The summed E-state index contributed by atoms with van der Waals surface area (Å²) in [6.07, 6.45) is 0. The van der Waals surface area contributed by atoms with E-state index in [1.54, 1.807) is 23.1 Å². The molecule has 1 heterocycles. The lowest BCUT2D eigenvalue weighted by Gasteiger charge is -1.94. The third kappa shape index (κ3) is 2.45. The van der Waals surface area contributed by atoms with Crippen LogP contribution in [0.2, 0.25) is 0 Å². The van der Waals surface area contributed by atoms with Crippen molar-refractivity contribution in [2.45, 2.75) is 4.21 Å². The van der Waals surface area contributed by atoms with Gasteiger partial charge in [0.2, 0.25) is 0 Å². The molecule has 0 bridgehead atoms. The maximum Gasteiger partial charge on any atom is 0.0602 e. The highest BCUT2D eigenvalue weighted by atomic mass is 32.2. The van der Waals surface area contributed by atoms with Gasteiger partial charge in [0.15, 0.2) is 0 Å². The Bertz CT molecular complexity index is 203. The second kappa shape index (κ2) is 3.68. The quantitative estimate of drug-likeness (QED) is 0.706. The molecule has 0 aliphatic carbocycles. The Labute approximate surface area is 68.9 Å². The first-order valence-electron chi connectivity index (χ1n) is 2.88. The summed E-state index contributed by atoms with van der Waals surface area (Å²) in [5.41, 5.74) is 6.13. The van der Waals surface area contributed by atoms with Crippen molar-refractivity contribution in [3.8, 4) is 0 Å². The summed E-state index contributed by atoms with van der Waals surface area (Å²) < 4.78 is 1.30. The van der Waals surface area contributed by atoms with Crippen LogP contribution < -0.4 is 5.73 Å². The van der Waals surface area contributed by atoms with Crippen LogP contribution in [0.3, 0.4) is 0 Å². The Hall–Kier alpha value is -0.410. The van der Waals surface area contributed by atoms with E-state index in [1.807, 2.05) is 6.07 Å². The van der Waals surface area contributed by atoms with Gasteiger partial charge in [0.25, 0.3) is 0 Å². The molecular formula is C7H9NS2. The average molecular weight is 171 g/mol. The van der Waals surface area contributed by atoms with E-state index in [-0.39, 0.29) is 0 Å². The van der Waals surface area contributed by atoms with E-state index < -0.39 is 0 Å². The summed E-state index contributed by atoms with van der Waals surface area (Å²) in [7, 11) is 0. The summed E-state index contributed by atoms with van der Waals surface area (Å²) in [5, 5.41) is 2.06. The van der Waals surface area contributed by atoms with Crippen molar-refractivity contribution in [3.63, 3.8) is 0 Å². The van der Waals surface area contributed by atoms with E-state index in [0.717, 1.165) is 11.4 Å². The molecule has 0 aromatic carbocycles. The topological polar surface area (TPSA) is 26.0 Å². The Morgan fingerprint density at radius 2 is 2.60 bits per heavy atom. The maximum absolute atomic E-state index is 5.40. The van der Waals surface area contributed by atoms with Gasteiger partial charge in [0, 0.05) is 11.4 Å². The van der Waals surface area contributed by atoms with Crippen LogP contribution in [0.15, 0.2) is 34.0 Å². The molecule has 0 atom stereocenters. The van der Waals surface area contributed by atoms with Gasteiger partial charge in [-0.15, -0.1) is 23.1 Å². The summed E-state index contributed by atoms with van der Waals surface area (Å²) in [6, 6.07) is 4.12. The van der Waals surface area contributed by atoms with Crippen LogP contribution in [0.4, 0.5) is 0 Å². The van der Waals surface area contributed by atoms with Crippen molar-refractivity contribution in [1.29, 1.82) is 0 Å². The molecule has 0 radical (unpaired) electrons. The molecule has 0 amide bonds. The third-order valence-corrected chi connectivity index (χ3v) is 3.13. The first-order valence-corrected chi connectivity index (χ1v) is 4.75. The van der Waals surface area contributed by atoms with Crippen LogP contribution >= 0.6 is 23.1 Å². The van der Waals surface area contributed by atoms with E-state index >= 15 is 0 Å². The Balaban J connectivity index is 2.35. The Morgan fingerprint density at radius 3 is 3.10 bits per heavy atom. The molecular weight excluding hydrogens is 162 g/mol. The molecule has 3 heteroatoms. The minimum atomic E-state index is 0.735. The normalized spacial score (nSPS) is 9.60. The standard InChI is InChI=1S/C7H9NS2/c1-6(8)5-10-7-3-2-4-9-7/h2-4H,1,5,8H2. The third-order valence-electron chi connectivity index (χ3n) is 0.895. The minimum Gasteiger partial charge on any atom is -0.402 e. The molecule has 0 saturated heterocycles. The molecule has 1 aromatic rings. The van der Waals surface area contributed by atoms with Crippen LogP contribution in [0.5, 0.6) is 0 Å². The van der Waals surface area contributed by atoms with Crippen molar-refractivity contribution in [1.82, 2.24) is 0 Å². The van der Waals surface area contributed by atoms with Gasteiger partial charge in [0.05, 0.1) is 4.21 Å². The number of thioether (sulfide) groups is 1. The first-order chi connectivity index (χ1) is 4.79. The van der Waals surface area contributed by atoms with Crippen molar-refractivity contribution in [3.05, 3.63) is 29.8 Å². The molecule has 1 rings (SSSR count). The van der Waals surface area contributed by atoms with Crippen LogP contribution in [0.1, 0.15) is 0 Å². The molecule has 0 spiro atoms. The van der Waals surface area contributed by atoms with Gasteiger partial charge < -0.3 is 5.73 Å². The zero-order valence-corrected chi connectivity index (χ0v) is 7.17. The fourth-order valence-corrected chi connectivity index (χ4v) is 2.08. The average Bonchev–Trinajstić information content (AvgIpc) is 2.34. The molecule has 0 unspecified atom stereocenters. The van der Waals surface area contributed by atoms with Gasteiger partial charge in [-0.3, -0.25) is 0 Å². The summed E-state index contributed by atoms with van der Waals surface area (Å²) >= 11 is 3.46. The van der Waals surface area contributed by atoms with Crippen molar-refractivity contribution < 1.29 is 0 Å². The Morgan fingerprint density at radius 1 is 1.80 bits per heavy atom. The molecule has 10 heavy (non-hydrogen) atoms. The molecule has 2 N–H and O–H groups in total. The van der Waals surface area contributed by atoms with Gasteiger partial charge in [0.1, 0.15) is 0 Å². The van der Waals surface area contributed by atoms with Crippen LogP contribution in [-0.4, -0.2) is 5.75 Å². The molecule has 54 valence electrons. The molecule has 1 nitrogen and oxygen atoms in total. The number of hydrogen-bond acceptors (Lipinski definition) is 3. The van der Waals surface area contributed by atoms with Crippen LogP contribution in [0.25, 0.3) is 0 Å². The predicted octanol–water partition coefficient (Wildman–Crippen LogP) is 2.31. The number of thiophene rings is 1. The van der Waals surface area contributed by atoms with Gasteiger partial charge >= 0.3 is 0 Å². The summed E-state index contributed by atoms with van der Waals surface area (Å²) in [5.74, 6) is 0.820. The lowest BCUT2D eigenvalue weighted by atomic mass is 10.6. The fourth-order valence-electron chi connectivity index (χ4n) is 0.509. The second-order valence-electron chi connectivity index (χ2n) is 1.88. The smallest absolute Gasteiger partial charge is 0.0602 e. The van der Waals surface area contributed by atoms with Gasteiger partial charge in [-0.2, -0.15) is 0 Å². The van der Waals surface area contributed by atoms with Crippen LogP contribution in [-0.2, 0) is 0 Å². The second-order valence-corrected chi connectivity index (χ2v) is 4.10. The highest BCUT2D eigenvalue weighted by Gasteiger charge is 1.92. The Kier molecular flexibility index (Phi) is 2.83. The zero-order chi connectivity index (χ0) is 7.40. The highest BCUT2D eigenvalue weighted by molar-refractivity contribution is 8.01. The van der Waals surface area contributed by atoms with Crippen molar-refractivity contribution in [2.75, 3.05) is 5.75 Å². The molecule has 0 fully saturated rings. The molecule has 1 aromatic heterocycles. The van der Waals surface area contributed by atoms with E-state index in [2.05, 4.69) is 18.0 Å². The van der Waals surface area contributed by atoms with Gasteiger partial charge in [-0.05, 0) is 11.4 Å². The minimum absolute atomic E-state index is 0.735. The number of nitrogens with two attached hydrogens (primary N) is 1. The van der Waals surface area contributed by atoms with E-state index in [1.165, 1.54) is 4.21 Å². The van der Waals surface area contributed by atoms with Gasteiger partial charge in [-0.1, -0.05) is 12.6 Å². The monoisotopic (exact) mass is 171 g/mol. The number of rotatable bonds is 3. The maximum atomic E-state index is 5.40. The van der Waals surface area contributed by atoms with E-state index in [9.17, 15) is 0 Å². The lowest BCUT2D eigenvalue weighted by Crippen LogP contribution is -1.96.